The van der Waals surface area contributed by atoms with Crippen LogP contribution in [0.15, 0.2) is 60.1 Å². The molecule has 4 saturated heterocycles. The largest absolute Gasteiger partial charge is 0.379 e. The van der Waals surface area contributed by atoms with Crippen molar-refractivity contribution in [3.63, 3.8) is 0 Å². The van der Waals surface area contributed by atoms with Gasteiger partial charge in [-0.25, -0.2) is 4.98 Å². The van der Waals surface area contributed by atoms with Gasteiger partial charge < -0.3 is 19.2 Å². The highest BCUT2D eigenvalue weighted by Crippen LogP contribution is 2.66. The lowest BCUT2D eigenvalue weighted by Crippen LogP contribution is -2.82. The Kier molecular flexibility index (Phi) is 7.88. The number of thioether (sulfide) groups is 1. The van der Waals surface area contributed by atoms with Gasteiger partial charge in [0.1, 0.15) is 16.2 Å². The maximum absolute atomic E-state index is 7.16. The second-order valence-corrected chi connectivity index (χ2v) is 15.3. The molecule has 4 atom stereocenters. The molecule has 0 radical (unpaired) electrons. The van der Waals surface area contributed by atoms with Crippen LogP contribution in [0.5, 0.6) is 0 Å². The molecule has 2 aromatic carbocycles. The number of anilines is 2. The molecule has 4 fully saturated rings. The lowest BCUT2D eigenvalue weighted by atomic mass is 9.62. The molecule has 0 spiro atoms. The molecule has 7 heterocycles. The van der Waals surface area contributed by atoms with Gasteiger partial charge in [0.05, 0.1) is 31.1 Å². The van der Waals surface area contributed by atoms with Gasteiger partial charge in [0.25, 0.3) is 0 Å². The Bertz CT molecular complexity index is 1600. The number of para-hydroxylation sites is 1. The number of morpholine rings is 1. The molecule has 1 N–H and O–H groups in total. The third kappa shape index (κ3) is 4.34. The fraction of sp³-hybridized carbons (Fsp3) is 0.528. The van der Waals surface area contributed by atoms with Crippen molar-refractivity contribution in [3.8, 4) is 10.6 Å². The van der Waals surface area contributed by atoms with Crippen LogP contribution in [0.25, 0.3) is 21.5 Å². The van der Waals surface area contributed by atoms with Gasteiger partial charge in [0, 0.05) is 84.5 Å². The zero-order valence-electron chi connectivity index (χ0n) is 26.4. The molecule has 0 amide bonds. The van der Waals surface area contributed by atoms with Gasteiger partial charge in [0.2, 0.25) is 0 Å². The lowest BCUT2D eigenvalue weighted by Gasteiger charge is -2.64. The van der Waals surface area contributed by atoms with Gasteiger partial charge in [-0.2, -0.15) is 11.8 Å². The summed E-state index contributed by atoms with van der Waals surface area (Å²) in [7, 11) is 0. The lowest BCUT2D eigenvalue weighted by molar-refractivity contribution is -0.206. The van der Waals surface area contributed by atoms with Crippen molar-refractivity contribution < 1.29 is 14.2 Å². The smallest absolute Gasteiger partial charge is 0.172 e. The van der Waals surface area contributed by atoms with E-state index in [2.05, 4.69) is 85.4 Å². The fourth-order valence-corrected chi connectivity index (χ4v) is 11.0. The summed E-state index contributed by atoms with van der Waals surface area (Å²) >= 11 is 3.81. The van der Waals surface area contributed by atoms with Crippen LogP contribution in [0, 0.1) is 0 Å². The van der Waals surface area contributed by atoms with Crippen LogP contribution in [-0.4, -0.2) is 102 Å². The number of ether oxygens (including phenoxy) is 3. The summed E-state index contributed by atoms with van der Waals surface area (Å²) in [5.41, 5.74) is 4.46. The first-order valence-electron chi connectivity index (χ1n) is 17.1. The van der Waals surface area contributed by atoms with Crippen LogP contribution >= 0.6 is 23.1 Å². The Labute approximate surface area is 279 Å². The van der Waals surface area contributed by atoms with Crippen molar-refractivity contribution in [2.75, 3.05) is 69.0 Å². The Morgan fingerprint density at radius 1 is 0.826 bits per heavy atom. The molecule has 0 aliphatic carbocycles. The number of aromatic nitrogens is 2. The minimum absolute atomic E-state index is 0.0118. The van der Waals surface area contributed by atoms with Crippen LogP contribution in [0.3, 0.4) is 0 Å². The third-order valence-corrected chi connectivity index (χ3v) is 12.8. The molecule has 8 nitrogen and oxygen atoms in total. The standard InChI is InChI=1S/C36H43N5O3S2/c1-2-9-28-26(7-1)25-32(38-28)41-29-10-5-8-27(34-37-13-22-46-34)33(29)35(31-12-6-19-44-31,30-11-3-4-18-43-30)36(41,39-14-20-42-21-15-39)40-16-23-45-24-17-40/h1-2,5,7-10,13,22,25,30-31,38H,3-4,6,11-12,14-21,23-24H2. The van der Waals surface area contributed by atoms with E-state index in [0.29, 0.717) is 13.2 Å². The molecule has 0 saturated carbocycles. The number of hydrogen-bond donors (Lipinski definition) is 1. The van der Waals surface area contributed by atoms with Gasteiger partial charge in [-0.05, 0) is 50.3 Å². The van der Waals surface area contributed by atoms with E-state index >= 15 is 0 Å². The van der Waals surface area contributed by atoms with E-state index in [9.17, 15) is 0 Å². The molecule has 10 heteroatoms. The number of benzene rings is 2. The highest BCUT2D eigenvalue weighted by molar-refractivity contribution is 7.99. The summed E-state index contributed by atoms with van der Waals surface area (Å²) in [6, 6.07) is 18.0. The number of nitrogens with one attached hydrogen (secondary N) is 1. The van der Waals surface area contributed by atoms with Crippen LogP contribution in [0.2, 0.25) is 0 Å². The highest BCUT2D eigenvalue weighted by atomic mass is 32.2. The second kappa shape index (κ2) is 12.2. The zero-order chi connectivity index (χ0) is 30.6. The molecule has 2 aromatic heterocycles. The monoisotopic (exact) mass is 657 g/mol. The maximum Gasteiger partial charge on any atom is 0.172 e. The molecule has 9 rings (SSSR count). The number of aromatic amines is 1. The molecule has 46 heavy (non-hydrogen) atoms. The van der Waals surface area contributed by atoms with Crippen molar-refractivity contribution >= 4 is 45.5 Å². The van der Waals surface area contributed by atoms with E-state index in [1.807, 2.05) is 6.20 Å². The maximum atomic E-state index is 7.16. The Morgan fingerprint density at radius 3 is 2.35 bits per heavy atom. The van der Waals surface area contributed by atoms with Gasteiger partial charge in [-0.1, -0.05) is 30.3 Å². The summed E-state index contributed by atoms with van der Waals surface area (Å²) in [4.78, 5) is 17.2. The first-order chi connectivity index (χ1) is 22.8. The Balaban J connectivity index is 1.44. The molecular weight excluding hydrogens is 615 g/mol. The van der Waals surface area contributed by atoms with Gasteiger partial charge >= 0.3 is 0 Å². The van der Waals surface area contributed by atoms with Crippen molar-refractivity contribution in [3.05, 3.63) is 65.7 Å². The average Bonchev–Trinajstić information content (AvgIpc) is 3.95. The Morgan fingerprint density at radius 2 is 1.61 bits per heavy atom. The summed E-state index contributed by atoms with van der Waals surface area (Å²) in [6.07, 6.45) is 7.28. The Hall–Kier alpha value is -2.44. The summed E-state index contributed by atoms with van der Waals surface area (Å²) < 4.78 is 20.4. The third-order valence-electron chi connectivity index (χ3n) is 11.0. The van der Waals surface area contributed by atoms with E-state index in [-0.39, 0.29) is 12.2 Å². The molecular formula is C36H43N5O3S2. The van der Waals surface area contributed by atoms with E-state index in [4.69, 9.17) is 19.2 Å². The molecule has 242 valence electrons. The topological polar surface area (TPSA) is 66.1 Å². The highest BCUT2D eigenvalue weighted by Gasteiger charge is 2.75. The van der Waals surface area contributed by atoms with Crippen LogP contribution in [-0.2, 0) is 19.6 Å². The molecule has 4 aromatic rings. The van der Waals surface area contributed by atoms with E-state index in [1.165, 1.54) is 22.2 Å². The van der Waals surface area contributed by atoms with Gasteiger partial charge in [-0.15, -0.1) is 11.3 Å². The quantitative estimate of drug-likeness (QED) is 0.254. The van der Waals surface area contributed by atoms with Crippen LogP contribution in [0.4, 0.5) is 11.5 Å². The summed E-state index contributed by atoms with van der Waals surface area (Å²) in [5, 5.41) is 4.41. The number of nitrogens with zero attached hydrogens (tertiary/aromatic N) is 4. The van der Waals surface area contributed by atoms with Crippen molar-refractivity contribution in [2.45, 2.75) is 55.5 Å². The summed E-state index contributed by atoms with van der Waals surface area (Å²) in [5.74, 6) is 2.75. The predicted molar refractivity (Wildman–Crippen MR) is 186 cm³/mol. The average molecular weight is 658 g/mol. The van der Waals surface area contributed by atoms with Gasteiger partial charge in [0.15, 0.2) is 5.79 Å². The minimum atomic E-state index is -0.592. The van der Waals surface area contributed by atoms with Crippen molar-refractivity contribution in [1.82, 2.24) is 19.8 Å². The van der Waals surface area contributed by atoms with Gasteiger partial charge in [-0.3, -0.25) is 14.7 Å². The number of rotatable bonds is 6. The molecule has 4 unspecified atom stereocenters. The van der Waals surface area contributed by atoms with E-state index < -0.39 is 11.2 Å². The zero-order valence-corrected chi connectivity index (χ0v) is 28.0. The first-order valence-corrected chi connectivity index (χ1v) is 19.2. The van der Waals surface area contributed by atoms with Crippen LogP contribution < -0.4 is 4.90 Å². The minimum Gasteiger partial charge on any atom is -0.379 e. The number of hydrogen-bond acceptors (Lipinski definition) is 9. The molecule has 5 aliphatic heterocycles. The van der Waals surface area contributed by atoms with E-state index in [0.717, 1.165) is 99.3 Å². The number of H-pyrrole nitrogens is 1. The number of thiazole rings is 1. The first kappa shape index (κ1) is 29.7. The SMILES string of the molecule is c1cc(-c2nccs2)c2c(c1)N(c1cc3ccccc3[nH]1)C(N1CCOCC1)(N1CCSCC1)C2(C1CCCCO1)C1CCCO1. The molecule has 0 bridgehead atoms. The van der Waals surface area contributed by atoms with Crippen molar-refractivity contribution in [1.29, 1.82) is 0 Å². The predicted octanol–water partition coefficient (Wildman–Crippen LogP) is 6.46. The normalized spacial score (nSPS) is 31.1. The second-order valence-electron chi connectivity index (χ2n) is 13.2. The molecule has 5 aliphatic rings. The number of fused-ring (bicyclic) bond motifs is 2. The van der Waals surface area contributed by atoms with Crippen molar-refractivity contribution in [2.24, 2.45) is 0 Å². The summed E-state index contributed by atoms with van der Waals surface area (Å²) in [6.45, 7) is 6.71. The fourth-order valence-electron chi connectivity index (χ4n) is 9.45. The van der Waals surface area contributed by atoms with E-state index in [1.54, 1.807) is 11.3 Å². The van der Waals surface area contributed by atoms with Crippen LogP contribution in [0.1, 0.15) is 37.7 Å².